The quantitative estimate of drug-likeness (QED) is 0.357. The summed E-state index contributed by atoms with van der Waals surface area (Å²) in [4.78, 5) is 12.8. The summed E-state index contributed by atoms with van der Waals surface area (Å²) < 4.78 is 17.2. The van der Waals surface area contributed by atoms with Gasteiger partial charge >= 0.3 is 5.97 Å². The topological polar surface area (TPSA) is 65.0 Å². The minimum atomic E-state index is -0.935. The van der Waals surface area contributed by atoms with E-state index in [1.165, 1.54) is 0 Å². The van der Waals surface area contributed by atoms with Crippen LogP contribution < -0.4 is 0 Å². The highest BCUT2D eigenvalue weighted by atomic mass is 16.6. The third-order valence-electron chi connectivity index (χ3n) is 4.92. The molecule has 0 bridgehead atoms. The van der Waals surface area contributed by atoms with Crippen molar-refractivity contribution < 1.29 is 24.1 Å². The van der Waals surface area contributed by atoms with Crippen molar-refractivity contribution in [1.29, 1.82) is 0 Å². The van der Waals surface area contributed by atoms with E-state index >= 15 is 0 Å². The summed E-state index contributed by atoms with van der Waals surface area (Å²) in [7, 11) is 1.61. The number of benzene rings is 3. The Balaban J connectivity index is 1.83. The van der Waals surface area contributed by atoms with Gasteiger partial charge in [-0.1, -0.05) is 91.0 Å². The zero-order valence-corrected chi connectivity index (χ0v) is 17.6. The van der Waals surface area contributed by atoms with Crippen molar-refractivity contribution in [1.82, 2.24) is 0 Å². The second-order valence-electron chi connectivity index (χ2n) is 7.15. The molecule has 3 atom stereocenters. The number of carbonyl (C=O) groups excluding carboxylic acids is 1. The third kappa shape index (κ3) is 6.76. The molecular formula is C26H28O5. The van der Waals surface area contributed by atoms with Crippen molar-refractivity contribution >= 4 is 5.97 Å². The number of carbonyl (C=O) groups is 1. The zero-order valence-electron chi connectivity index (χ0n) is 17.6. The molecule has 0 aliphatic heterocycles. The van der Waals surface area contributed by atoms with Crippen molar-refractivity contribution in [2.45, 2.75) is 24.7 Å². The van der Waals surface area contributed by atoms with Crippen LogP contribution in [0.15, 0.2) is 91.0 Å². The van der Waals surface area contributed by atoms with Crippen LogP contribution in [0.5, 0.6) is 0 Å². The van der Waals surface area contributed by atoms with E-state index in [2.05, 4.69) is 0 Å². The Morgan fingerprint density at radius 3 is 1.74 bits per heavy atom. The highest BCUT2D eigenvalue weighted by molar-refractivity contribution is 5.70. The van der Waals surface area contributed by atoms with Crippen LogP contribution in [-0.4, -0.2) is 31.4 Å². The number of methoxy groups -OCH3 is 1. The second-order valence-corrected chi connectivity index (χ2v) is 7.15. The summed E-state index contributed by atoms with van der Waals surface area (Å²) >= 11 is 0. The number of aliphatic hydroxyl groups excluding tert-OH is 1. The lowest BCUT2D eigenvalue weighted by molar-refractivity contribution is -0.162. The average molecular weight is 421 g/mol. The SMILES string of the molecule is COCCO[C@@H](c1ccccc1)[C@H](OC(=O)C[C@@H](O)c1ccccc1)c1ccccc1. The lowest BCUT2D eigenvalue weighted by atomic mass is 9.97. The summed E-state index contributed by atoms with van der Waals surface area (Å²) in [5.74, 6) is -0.499. The number of aliphatic hydroxyl groups is 1. The Hall–Kier alpha value is -2.99. The van der Waals surface area contributed by atoms with Crippen LogP contribution in [0.1, 0.15) is 41.4 Å². The smallest absolute Gasteiger partial charge is 0.309 e. The summed E-state index contributed by atoms with van der Waals surface area (Å²) in [5, 5.41) is 10.5. The van der Waals surface area contributed by atoms with E-state index in [0.29, 0.717) is 18.8 Å². The minimum absolute atomic E-state index is 0.146. The average Bonchev–Trinajstić information content (AvgIpc) is 2.82. The molecule has 3 aromatic carbocycles. The molecule has 0 heterocycles. The van der Waals surface area contributed by atoms with Crippen molar-refractivity contribution in [3.05, 3.63) is 108 Å². The van der Waals surface area contributed by atoms with Gasteiger partial charge in [0.25, 0.3) is 0 Å². The van der Waals surface area contributed by atoms with Crippen LogP contribution in [0.25, 0.3) is 0 Å². The fourth-order valence-corrected chi connectivity index (χ4v) is 3.35. The summed E-state index contributed by atoms with van der Waals surface area (Å²) in [6, 6.07) is 28.2. The first-order valence-corrected chi connectivity index (χ1v) is 10.3. The van der Waals surface area contributed by atoms with E-state index in [1.54, 1.807) is 19.2 Å². The molecule has 5 heteroatoms. The molecule has 0 amide bonds. The van der Waals surface area contributed by atoms with Crippen LogP contribution in [-0.2, 0) is 19.0 Å². The van der Waals surface area contributed by atoms with Gasteiger partial charge in [0, 0.05) is 7.11 Å². The molecule has 31 heavy (non-hydrogen) atoms. The first-order chi connectivity index (χ1) is 15.2. The van der Waals surface area contributed by atoms with Crippen molar-refractivity contribution in [3.8, 4) is 0 Å². The molecule has 5 nitrogen and oxygen atoms in total. The largest absolute Gasteiger partial charge is 0.454 e. The molecule has 0 unspecified atom stereocenters. The number of hydrogen-bond donors (Lipinski definition) is 1. The lowest BCUT2D eigenvalue weighted by Crippen LogP contribution is -2.23. The van der Waals surface area contributed by atoms with Gasteiger partial charge < -0.3 is 19.3 Å². The minimum Gasteiger partial charge on any atom is -0.454 e. The molecule has 1 N–H and O–H groups in total. The van der Waals surface area contributed by atoms with E-state index in [1.807, 2.05) is 78.9 Å². The maximum absolute atomic E-state index is 12.8. The van der Waals surface area contributed by atoms with Crippen molar-refractivity contribution in [2.24, 2.45) is 0 Å². The maximum Gasteiger partial charge on any atom is 0.309 e. The van der Waals surface area contributed by atoms with Gasteiger partial charge in [0.1, 0.15) is 6.10 Å². The van der Waals surface area contributed by atoms with Gasteiger partial charge in [-0.25, -0.2) is 0 Å². The molecule has 3 aromatic rings. The van der Waals surface area contributed by atoms with E-state index in [4.69, 9.17) is 14.2 Å². The molecular weight excluding hydrogens is 392 g/mol. The van der Waals surface area contributed by atoms with Crippen LogP contribution in [0, 0.1) is 0 Å². The van der Waals surface area contributed by atoms with E-state index < -0.39 is 24.3 Å². The summed E-state index contributed by atoms with van der Waals surface area (Å²) in [6.07, 6.45) is -2.27. The molecule has 0 fully saturated rings. The lowest BCUT2D eigenvalue weighted by Gasteiger charge is -2.28. The van der Waals surface area contributed by atoms with Crippen molar-refractivity contribution in [3.63, 3.8) is 0 Å². The third-order valence-corrected chi connectivity index (χ3v) is 4.92. The van der Waals surface area contributed by atoms with Gasteiger partial charge in [0.15, 0.2) is 6.10 Å². The summed E-state index contributed by atoms with van der Waals surface area (Å²) in [5.41, 5.74) is 2.38. The Morgan fingerprint density at radius 2 is 1.23 bits per heavy atom. The number of ether oxygens (including phenoxy) is 3. The first kappa shape index (κ1) is 22.7. The molecule has 0 aliphatic carbocycles. The normalized spacial score (nSPS) is 13.9. The molecule has 0 aliphatic rings. The molecule has 0 aromatic heterocycles. The van der Waals surface area contributed by atoms with Gasteiger partial charge in [-0.3, -0.25) is 4.79 Å². The monoisotopic (exact) mass is 420 g/mol. The fourth-order valence-electron chi connectivity index (χ4n) is 3.35. The number of esters is 1. The first-order valence-electron chi connectivity index (χ1n) is 10.3. The van der Waals surface area contributed by atoms with Crippen LogP contribution in [0.2, 0.25) is 0 Å². The molecule has 162 valence electrons. The van der Waals surface area contributed by atoms with Crippen LogP contribution in [0.4, 0.5) is 0 Å². The molecule has 3 rings (SSSR count). The van der Waals surface area contributed by atoms with Gasteiger partial charge in [0.05, 0.1) is 25.7 Å². The van der Waals surface area contributed by atoms with Gasteiger partial charge in [-0.2, -0.15) is 0 Å². The van der Waals surface area contributed by atoms with Crippen LogP contribution in [0.3, 0.4) is 0 Å². The van der Waals surface area contributed by atoms with Crippen LogP contribution >= 0.6 is 0 Å². The number of rotatable bonds is 11. The Bertz CT molecular complexity index is 899. The number of hydrogen-bond acceptors (Lipinski definition) is 5. The maximum atomic E-state index is 12.8. The molecule has 0 spiro atoms. The predicted molar refractivity (Wildman–Crippen MR) is 118 cm³/mol. The highest BCUT2D eigenvalue weighted by Crippen LogP contribution is 2.36. The fraction of sp³-hybridized carbons (Fsp3) is 0.269. The molecule has 0 radical (unpaired) electrons. The van der Waals surface area contributed by atoms with Gasteiger partial charge in [-0.15, -0.1) is 0 Å². The highest BCUT2D eigenvalue weighted by Gasteiger charge is 2.30. The Labute approximate surface area is 183 Å². The second kappa shape index (κ2) is 12.0. The predicted octanol–water partition coefficient (Wildman–Crippen LogP) is 4.80. The van der Waals surface area contributed by atoms with Gasteiger partial charge in [0.2, 0.25) is 0 Å². The van der Waals surface area contributed by atoms with E-state index in [9.17, 15) is 9.90 Å². The van der Waals surface area contributed by atoms with E-state index in [-0.39, 0.29) is 6.42 Å². The Kier molecular flexibility index (Phi) is 8.79. The standard InChI is InChI=1S/C26H28O5/c1-29-17-18-30-25(21-13-7-3-8-14-21)26(22-15-9-4-10-16-22)31-24(28)19-23(27)20-11-5-2-6-12-20/h2-16,23,25-27H,17-19H2,1H3/t23-,25+,26-/m1/s1. The van der Waals surface area contributed by atoms with Crippen molar-refractivity contribution in [2.75, 3.05) is 20.3 Å². The molecule has 0 saturated carbocycles. The van der Waals surface area contributed by atoms with E-state index in [0.717, 1.165) is 11.1 Å². The Morgan fingerprint density at radius 1 is 0.742 bits per heavy atom. The summed E-state index contributed by atoms with van der Waals surface area (Å²) in [6.45, 7) is 0.773. The molecule has 0 saturated heterocycles. The zero-order chi connectivity index (χ0) is 21.9. The van der Waals surface area contributed by atoms with Gasteiger partial charge in [-0.05, 0) is 16.7 Å².